The van der Waals surface area contributed by atoms with E-state index < -0.39 is 0 Å². The Labute approximate surface area is 200 Å². The SMILES string of the molecule is [Cl-].[Cl-].[Zr+4].c1ccc2[cH-]c(P(c3cc4ccccc4[cH-]3)C3CCCCC3)cc2c1. The van der Waals surface area contributed by atoms with Crippen molar-refractivity contribution < 1.29 is 51.0 Å². The van der Waals surface area contributed by atoms with E-state index in [-0.39, 0.29) is 58.9 Å². The van der Waals surface area contributed by atoms with Crippen LogP contribution in [0.15, 0.2) is 72.8 Å². The van der Waals surface area contributed by atoms with Gasteiger partial charge < -0.3 is 24.8 Å². The van der Waals surface area contributed by atoms with E-state index in [2.05, 4.69) is 72.8 Å². The number of rotatable bonds is 3. The van der Waals surface area contributed by atoms with Crippen LogP contribution in [0.25, 0.3) is 21.5 Å². The summed E-state index contributed by atoms with van der Waals surface area (Å²) in [6.45, 7) is 0. The molecule has 0 heterocycles. The Balaban J connectivity index is 0.000000934. The molecule has 4 heteroatoms. The van der Waals surface area contributed by atoms with Gasteiger partial charge in [0.05, 0.1) is 0 Å². The standard InChI is InChI=1S/C24H23P.2ClH.Zr/c1-2-12-22(13-3-1)25(23-14-18-8-4-5-9-19(18)15-23)24-16-20-10-6-7-11-21(20)17-24;;;/h4-11,14-17,22H,1-3,12-13H2;2*1H;/q-2;;;+4/p-2. The summed E-state index contributed by atoms with van der Waals surface area (Å²) in [5.74, 6) is 0. The van der Waals surface area contributed by atoms with Gasteiger partial charge in [-0.2, -0.15) is 12.1 Å². The van der Waals surface area contributed by atoms with Crippen molar-refractivity contribution in [2.24, 2.45) is 0 Å². The fourth-order valence-electron chi connectivity index (χ4n) is 4.46. The molecule has 1 saturated carbocycles. The molecule has 4 aromatic carbocycles. The summed E-state index contributed by atoms with van der Waals surface area (Å²) in [6.07, 6.45) is 7.03. The van der Waals surface area contributed by atoms with Gasteiger partial charge in [-0.25, -0.2) is 0 Å². The molecule has 0 radical (unpaired) electrons. The van der Waals surface area contributed by atoms with Crippen molar-refractivity contribution in [1.82, 2.24) is 0 Å². The van der Waals surface area contributed by atoms with Gasteiger partial charge >= 0.3 is 26.2 Å². The number of hydrogen-bond acceptors (Lipinski definition) is 0. The van der Waals surface area contributed by atoms with Gasteiger partial charge in [0.1, 0.15) is 0 Å². The van der Waals surface area contributed by atoms with Crippen LogP contribution in [0, 0.1) is 0 Å². The smallest absolute Gasteiger partial charge is 1.00 e. The van der Waals surface area contributed by atoms with Crippen LogP contribution < -0.4 is 35.4 Å². The molecule has 0 atom stereocenters. The Morgan fingerprint density at radius 3 is 1.61 bits per heavy atom. The predicted molar refractivity (Wildman–Crippen MR) is 112 cm³/mol. The molecule has 0 amide bonds. The third kappa shape index (κ3) is 4.65. The van der Waals surface area contributed by atoms with Crippen molar-refractivity contribution in [2.75, 3.05) is 0 Å². The first-order valence-corrected chi connectivity index (χ1v) is 10.9. The molecule has 0 bridgehead atoms. The second-order valence-electron chi connectivity index (χ2n) is 7.35. The topological polar surface area (TPSA) is 0 Å². The Morgan fingerprint density at radius 2 is 1.14 bits per heavy atom. The molecule has 0 nitrogen and oxygen atoms in total. The minimum absolute atomic E-state index is 0. The average molecular weight is 505 g/mol. The van der Waals surface area contributed by atoms with Gasteiger partial charge in [0.15, 0.2) is 0 Å². The van der Waals surface area contributed by atoms with Crippen LogP contribution in [0.4, 0.5) is 0 Å². The van der Waals surface area contributed by atoms with Crippen LogP contribution in [0.5, 0.6) is 0 Å². The fourth-order valence-corrected chi connectivity index (χ4v) is 7.59. The molecule has 0 N–H and O–H groups in total. The zero-order valence-electron chi connectivity index (χ0n) is 15.7. The Morgan fingerprint density at radius 1 is 0.679 bits per heavy atom. The normalized spacial score (nSPS) is 14.5. The largest absolute Gasteiger partial charge is 4.00 e. The van der Waals surface area contributed by atoms with E-state index in [0.29, 0.717) is 0 Å². The van der Waals surface area contributed by atoms with Crippen LogP contribution in [0.1, 0.15) is 32.1 Å². The predicted octanol–water partition coefficient (Wildman–Crippen LogP) is 0.202. The van der Waals surface area contributed by atoms with Crippen LogP contribution in [-0.2, 0) is 26.2 Å². The summed E-state index contributed by atoms with van der Waals surface area (Å²) < 4.78 is 0. The van der Waals surface area contributed by atoms with E-state index in [1.165, 1.54) is 53.6 Å². The molecule has 1 aliphatic rings. The minimum atomic E-state index is -0.263. The summed E-state index contributed by atoms with van der Waals surface area (Å²) >= 11 is 0. The van der Waals surface area contributed by atoms with Crippen molar-refractivity contribution in [3.63, 3.8) is 0 Å². The molecule has 0 aromatic heterocycles. The Bertz CT molecular complexity index is 873. The number of halogens is 2. The average Bonchev–Trinajstić information content (AvgIpc) is 3.26. The molecule has 0 spiro atoms. The van der Waals surface area contributed by atoms with E-state index in [0.717, 1.165) is 5.66 Å². The van der Waals surface area contributed by atoms with Gasteiger partial charge in [-0.05, 0) is 18.5 Å². The van der Waals surface area contributed by atoms with E-state index in [1.807, 2.05) is 0 Å². The first kappa shape index (κ1) is 23.8. The summed E-state index contributed by atoms with van der Waals surface area (Å²) in [5, 5.41) is 8.76. The molecule has 4 aromatic rings. The molecular weight excluding hydrogens is 481 g/mol. The van der Waals surface area contributed by atoms with Gasteiger partial charge in [0.25, 0.3) is 0 Å². The number of fused-ring (bicyclic) bond motifs is 2. The molecule has 0 aliphatic heterocycles. The van der Waals surface area contributed by atoms with Crippen molar-refractivity contribution in [2.45, 2.75) is 37.8 Å². The van der Waals surface area contributed by atoms with Gasteiger partial charge in [0.2, 0.25) is 0 Å². The van der Waals surface area contributed by atoms with Crippen molar-refractivity contribution in [3.05, 3.63) is 72.8 Å². The first-order chi connectivity index (χ1) is 12.4. The van der Waals surface area contributed by atoms with E-state index in [9.17, 15) is 0 Å². The van der Waals surface area contributed by atoms with Crippen molar-refractivity contribution in [3.8, 4) is 0 Å². The molecule has 0 unspecified atom stereocenters. The summed E-state index contributed by atoms with van der Waals surface area (Å²) in [7, 11) is -0.263. The van der Waals surface area contributed by atoms with Gasteiger partial charge in [-0.15, -0.1) is 80.7 Å². The second-order valence-corrected chi connectivity index (χ2v) is 9.85. The molecule has 28 heavy (non-hydrogen) atoms. The summed E-state index contributed by atoms with van der Waals surface area (Å²) in [5.41, 5.74) is 0.845. The maximum atomic E-state index is 2.47. The Kier molecular flexibility index (Phi) is 8.97. The Hall–Kier alpha value is -0.447. The van der Waals surface area contributed by atoms with Crippen LogP contribution in [-0.4, -0.2) is 5.66 Å². The number of hydrogen-bond donors (Lipinski definition) is 0. The molecule has 1 aliphatic carbocycles. The fraction of sp³-hybridized carbons (Fsp3) is 0.250. The molecule has 0 saturated heterocycles. The van der Waals surface area contributed by atoms with Crippen LogP contribution >= 0.6 is 7.92 Å². The monoisotopic (exact) mass is 502 g/mol. The van der Waals surface area contributed by atoms with Gasteiger partial charge in [-0.3, -0.25) is 0 Å². The number of benzene rings is 2. The quantitative estimate of drug-likeness (QED) is 0.277. The maximum absolute atomic E-state index is 2.47. The van der Waals surface area contributed by atoms with Gasteiger partial charge in [0, 0.05) is 0 Å². The molecular formula is C24H23Cl2PZr. The van der Waals surface area contributed by atoms with E-state index in [4.69, 9.17) is 0 Å². The minimum Gasteiger partial charge on any atom is -1.00 e. The molecule has 142 valence electrons. The van der Waals surface area contributed by atoms with E-state index >= 15 is 0 Å². The molecule has 1 fully saturated rings. The van der Waals surface area contributed by atoms with Crippen molar-refractivity contribution in [1.29, 1.82) is 0 Å². The third-order valence-electron chi connectivity index (χ3n) is 5.70. The van der Waals surface area contributed by atoms with Crippen LogP contribution in [0.2, 0.25) is 0 Å². The molecule has 5 rings (SSSR count). The summed E-state index contributed by atoms with van der Waals surface area (Å²) in [4.78, 5) is 0. The maximum Gasteiger partial charge on any atom is 4.00 e. The zero-order valence-corrected chi connectivity index (χ0v) is 20.6. The first-order valence-electron chi connectivity index (χ1n) is 9.49. The third-order valence-corrected chi connectivity index (χ3v) is 8.58. The van der Waals surface area contributed by atoms with E-state index in [1.54, 1.807) is 10.6 Å². The van der Waals surface area contributed by atoms with Crippen LogP contribution in [0.3, 0.4) is 0 Å². The second kappa shape index (κ2) is 10.5. The zero-order chi connectivity index (χ0) is 16.6. The summed E-state index contributed by atoms with van der Waals surface area (Å²) in [6, 6.07) is 27.5. The van der Waals surface area contributed by atoms with Gasteiger partial charge in [-0.1, -0.05) is 39.3 Å². The van der Waals surface area contributed by atoms with Crippen molar-refractivity contribution >= 4 is 40.1 Å².